The first-order chi connectivity index (χ1) is 9.51. The van der Waals surface area contributed by atoms with E-state index in [2.05, 4.69) is 10.3 Å². The van der Waals surface area contributed by atoms with Crippen molar-refractivity contribution in [2.75, 3.05) is 5.32 Å². The van der Waals surface area contributed by atoms with Crippen molar-refractivity contribution >= 4 is 17.4 Å². The lowest BCUT2D eigenvalue weighted by Crippen LogP contribution is -2.34. The Labute approximate surface area is 121 Å². The summed E-state index contributed by atoms with van der Waals surface area (Å²) in [7, 11) is 0. The minimum Gasteiger partial charge on any atom is -0.365 e. The van der Waals surface area contributed by atoms with E-state index in [1.54, 1.807) is 13.0 Å². The molecule has 2 aromatic rings. The predicted octanol–water partition coefficient (Wildman–Crippen LogP) is 2.38. The van der Waals surface area contributed by atoms with Crippen molar-refractivity contribution in [3.63, 3.8) is 0 Å². The summed E-state index contributed by atoms with van der Waals surface area (Å²) in [5.74, 6) is 0.400. The summed E-state index contributed by atoms with van der Waals surface area (Å²) in [6, 6.07) is 8.71. The van der Waals surface area contributed by atoms with Crippen LogP contribution in [-0.2, 0) is 6.54 Å². The van der Waals surface area contributed by atoms with Crippen LogP contribution in [0.2, 0.25) is 5.02 Å². The van der Waals surface area contributed by atoms with Crippen molar-refractivity contribution in [1.82, 2.24) is 9.55 Å². The standard InChI is InChI=1S/C14H16ClN3O2/c1-3-18-13(19)8-12(17-14(18)20)16-9(2)10-5-4-6-11(15)7-10/h4-9,16H,3H2,1-2H3,(H,17,20). The van der Waals surface area contributed by atoms with Gasteiger partial charge in [-0.2, -0.15) is 0 Å². The molecule has 2 rings (SSSR count). The minimum absolute atomic E-state index is 0.0822. The van der Waals surface area contributed by atoms with Crippen LogP contribution in [0.5, 0.6) is 0 Å². The van der Waals surface area contributed by atoms with Gasteiger partial charge in [-0.1, -0.05) is 23.7 Å². The van der Waals surface area contributed by atoms with E-state index in [9.17, 15) is 9.59 Å². The topological polar surface area (TPSA) is 66.9 Å². The molecule has 1 atom stereocenters. The highest BCUT2D eigenvalue weighted by Crippen LogP contribution is 2.19. The molecule has 2 N–H and O–H groups in total. The smallest absolute Gasteiger partial charge is 0.329 e. The fraction of sp³-hybridized carbons (Fsp3) is 0.286. The van der Waals surface area contributed by atoms with Gasteiger partial charge in [0.2, 0.25) is 0 Å². The number of H-pyrrole nitrogens is 1. The second-order valence-electron chi connectivity index (χ2n) is 4.49. The lowest BCUT2D eigenvalue weighted by atomic mass is 10.1. The molecule has 1 heterocycles. The summed E-state index contributed by atoms with van der Waals surface area (Å²) in [5, 5.41) is 3.74. The molecule has 0 spiro atoms. The maximum atomic E-state index is 11.7. The largest absolute Gasteiger partial charge is 0.365 e. The highest BCUT2D eigenvalue weighted by molar-refractivity contribution is 6.30. The highest BCUT2D eigenvalue weighted by Gasteiger charge is 2.08. The van der Waals surface area contributed by atoms with Crippen molar-refractivity contribution in [1.29, 1.82) is 0 Å². The van der Waals surface area contributed by atoms with Gasteiger partial charge in [0, 0.05) is 23.7 Å². The third-order valence-corrected chi connectivity index (χ3v) is 3.29. The Kier molecular flexibility index (Phi) is 4.29. The number of nitrogens with zero attached hydrogens (tertiary/aromatic N) is 1. The first-order valence-electron chi connectivity index (χ1n) is 6.37. The first kappa shape index (κ1) is 14.4. The lowest BCUT2D eigenvalue weighted by molar-refractivity contribution is 0.672. The van der Waals surface area contributed by atoms with Crippen LogP contribution in [0.1, 0.15) is 25.5 Å². The van der Waals surface area contributed by atoms with E-state index < -0.39 is 5.69 Å². The molecule has 106 valence electrons. The Morgan fingerprint density at radius 2 is 2.10 bits per heavy atom. The average Bonchev–Trinajstić information content (AvgIpc) is 2.38. The zero-order valence-electron chi connectivity index (χ0n) is 11.3. The van der Waals surface area contributed by atoms with Crippen LogP contribution in [0, 0.1) is 0 Å². The van der Waals surface area contributed by atoms with E-state index in [4.69, 9.17) is 11.6 Å². The van der Waals surface area contributed by atoms with Crippen LogP contribution in [0.3, 0.4) is 0 Å². The number of anilines is 1. The summed E-state index contributed by atoms with van der Waals surface area (Å²) in [4.78, 5) is 26.1. The van der Waals surface area contributed by atoms with Gasteiger partial charge in [-0.25, -0.2) is 4.79 Å². The first-order valence-corrected chi connectivity index (χ1v) is 6.75. The number of benzene rings is 1. The number of aromatic nitrogens is 2. The lowest BCUT2D eigenvalue weighted by Gasteiger charge is -2.15. The van der Waals surface area contributed by atoms with Crippen LogP contribution in [-0.4, -0.2) is 9.55 Å². The van der Waals surface area contributed by atoms with Crippen LogP contribution in [0.4, 0.5) is 5.82 Å². The van der Waals surface area contributed by atoms with Gasteiger partial charge in [0.1, 0.15) is 5.82 Å². The quantitative estimate of drug-likeness (QED) is 0.909. The summed E-state index contributed by atoms with van der Waals surface area (Å²) in [6.45, 7) is 4.02. The third-order valence-electron chi connectivity index (χ3n) is 3.06. The second-order valence-corrected chi connectivity index (χ2v) is 4.93. The zero-order valence-corrected chi connectivity index (χ0v) is 12.1. The summed E-state index contributed by atoms with van der Waals surface area (Å²) < 4.78 is 1.13. The molecule has 0 saturated carbocycles. The molecule has 0 aliphatic rings. The van der Waals surface area contributed by atoms with Crippen molar-refractivity contribution < 1.29 is 0 Å². The van der Waals surface area contributed by atoms with E-state index in [-0.39, 0.29) is 11.6 Å². The Bertz CT molecular complexity index is 690. The molecule has 1 aromatic heterocycles. The predicted molar refractivity (Wildman–Crippen MR) is 80.5 cm³/mol. The number of hydrogen-bond acceptors (Lipinski definition) is 3. The maximum Gasteiger partial charge on any atom is 0.329 e. The Morgan fingerprint density at radius 1 is 1.35 bits per heavy atom. The number of rotatable bonds is 4. The molecule has 6 heteroatoms. The summed E-state index contributed by atoms with van der Waals surface area (Å²) >= 11 is 5.94. The summed E-state index contributed by atoms with van der Waals surface area (Å²) in [5.41, 5.74) is 0.232. The number of hydrogen-bond donors (Lipinski definition) is 2. The summed E-state index contributed by atoms with van der Waals surface area (Å²) in [6.07, 6.45) is 0. The molecule has 0 amide bonds. The van der Waals surface area contributed by atoms with E-state index in [0.717, 1.165) is 10.1 Å². The molecule has 1 aromatic carbocycles. The van der Waals surface area contributed by atoms with Crippen molar-refractivity contribution in [3.8, 4) is 0 Å². The molecule has 0 fully saturated rings. The van der Waals surface area contributed by atoms with Crippen molar-refractivity contribution in [2.24, 2.45) is 0 Å². The van der Waals surface area contributed by atoms with E-state index in [1.165, 1.54) is 6.07 Å². The van der Waals surface area contributed by atoms with Crippen LogP contribution >= 0.6 is 11.6 Å². The van der Waals surface area contributed by atoms with Gasteiger partial charge in [0.25, 0.3) is 5.56 Å². The molecule has 0 aliphatic heterocycles. The Balaban J connectivity index is 2.26. The second kappa shape index (κ2) is 5.96. The fourth-order valence-electron chi connectivity index (χ4n) is 1.99. The van der Waals surface area contributed by atoms with Gasteiger partial charge in [-0.05, 0) is 31.5 Å². The van der Waals surface area contributed by atoms with Gasteiger partial charge in [0.05, 0.1) is 0 Å². The monoisotopic (exact) mass is 293 g/mol. The molecule has 1 unspecified atom stereocenters. The molecule has 20 heavy (non-hydrogen) atoms. The van der Waals surface area contributed by atoms with Crippen molar-refractivity contribution in [2.45, 2.75) is 26.4 Å². The fourth-order valence-corrected chi connectivity index (χ4v) is 2.19. The molecular formula is C14H16ClN3O2. The average molecular weight is 294 g/mol. The Hall–Kier alpha value is -2.01. The van der Waals surface area contributed by atoms with Gasteiger partial charge < -0.3 is 5.32 Å². The van der Waals surface area contributed by atoms with Gasteiger partial charge in [0.15, 0.2) is 0 Å². The van der Waals surface area contributed by atoms with Crippen LogP contribution < -0.4 is 16.6 Å². The maximum absolute atomic E-state index is 11.7. The number of aromatic amines is 1. The number of halogens is 1. The highest BCUT2D eigenvalue weighted by atomic mass is 35.5. The SMILES string of the molecule is CCn1c(=O)cc(NC(C)c2cccc(Cl)c2)[nH]c1=O. The molecule has 0 aliphatic carbocycles. The van der Waals surface area contributed by atoms with E-state index >= 15 is 0 Å². The number of nitrogens with one attached hydrogen (secondary N) is 2. The van der Waals surface area contributed by atoms with E-state index in [0.29, 0.717) is 17.4 Å². The van der Waals surface area contributed by atoms with Crippen LogP contribution in [0.15, 0.2) is 39.9 Å². The molecule has 5 nitrogen and oxygen atoms in total. The van der Waals surface area contributed by atoms with E-state index in [1.807, 2.05) is 25.1 Å². The minimum atomic E-state index is -0.416. The van der Waals surface area contributed by atoms with Gasteiger partial charge in [-0.15, -0.1) is 0 Å². The van der Waals surface area contributed by atoms with Gasteiger partial charge in [-0.3, -0.25) is 14.3 Å². The third kappa shape index (κ3) is 3.11. The molecular weight excluding hydrogens is 278 g/mol. The Morgan fingerprint density at radius 3 is 2.70 bits per heavy atom. The van der Waals surface area contributed by atoms with Gasteiger partial charge >= 0.3 is 5.69 Å². The molecule has 0 radical (unpaired) electrons. The molecule has 0 saturated heterocycles. The van der Waals surface area contributed by atoms with Crippen LogP contribution in [0.25, 0.3) is 0 Å². The van der Waals surface area contributed by atoms with Crippen molar-refractivity contribution in [3.05, 3.63) is 61.8 Å². The molecule has 0 bridgehead atoms. The zero-order chi connectivity index (χ0) is 14.7. The normalized spacial score (nSPS) is 12.2.